The molecule has 1 unspecified atom stereocenters. The maximum Gasteiger partial charge on any atom is 0.0191 e. The summed E-state index contributed by atoms with van der Waals surface area (Å²) in [4.78, 5) is 0. The molecule has 0 aliphatic carbocycles. The predicted octanol–water partition coefficient (Wildman–Crippen LogP) is 1.73. The van der Waals surface area contributed by atoms with Gasteiger partial charge < -0.3 is 11.5 Å². The van der Waals surface area contributed by atoms with Crippen molar-refractivity contribution < 1.29 is 0 Å². The second-order valence-corrected chi connectivity index (χ2v) is 4.83. The fourth-order valence-corrected chi connectivity index (χ4v) is 1.28. The molecule has 0 aromatic rings. The van der Waals surface area contributed by atoms with Crippen LogP contribution in [-0.4, -0.2) is 12.1 Å². The summed E-state index contributed by atoms with van der Waals surface area (Å²) in [6.07, 6.45) is 0.887. The third-order valence-electron chi connectivity index (χ3n) is 3.58. The average Bonchev–Trinajstić information content (AvgIpc) is 1.86. The van der Waals surface area contributed by atoms with E-state index in [-0.39, 0.29) is 11.0 Å². The van der Waals surface area contributed by atoms with Crippen molar-refractivity contribution in [3.8, 4) is 0 Å². The lowest BCUT2D eigenvalue weighted by atomic mass is 9.65. The number of hydrogen-bond acceptors (Lipinski definition) is 2. The highest BCUT2D eigenvalue weighted by molar-refractivity contribution is 4.95. The Hall–Kier alpha value is -0.0800. The van der Waals surface area contributed by atoms with Crippen molar-refractivity contribution in [2.45, 2.75) is 46.6 Å². The van der Waals surface area contributed by atoms with Crippen molar-refractivity contribution in [3.63, 3.8) is 0 Å². The summed E-state index contributed by atoms with van der Waals surface area (Å²) >= 11 is 0. The van der Waals surface area contributed by atoms with Gasteiger partial charge in [-0.25, -0.2) is 0 Å². The minimum Gasteiger partial charge on any atom is -0.330 e. The van der Waals surface area contributed by atoms with Crippen LogP contribution >= 0.6 is 0 Å². The molecule has 2 heteroatoms. The first-order valence-corrected chi connectivity index (χ1v) is 4.74. The highest BCUT2D eigenvalue weighted by Crippen LogP contribution is 2.37. The fraction of sp³-hybridized carbons (Fsp3) is 1.00. The molecule has 0 aliphatic heterocycles. The second-order valence-electron chi connectivity index (χ2n) is 4.83. The van der Waals surface area contributed by atoms with E-state index >= 15 is 0 Å². The van der Waals surface area contributed by atoms with Gasteiger partial charge in [0.15, 0.2) is 0 Å². The summed E-state index contributed by atoms with van der Waals surface area (Å²) in [5.74, 6) is 0.582. The van der Waals surface area contributed by atoms with Crippen molar-refractivity contribution in [2.24, 2.45) is 22.8 Å². The Kier molecular flexibility index (Phi) is 3.73. The SMILES string of the molecule is CC(C)C(C)(C)C(C)(N)CCN. The van der Waals surface area contributed by atoms with Gasteiger partial charge in [-0.2, -0.15) is 0 Å². The van der Waals surface area contributed by atoms with Gasteiger partial charge in [-0.3, -0.25) is 0 Å². The van der Waals surface area contributed by atoms with Crippen molar-refractivity contribution in [1.29, 1.82) is 0 Å². The molecule has 1 atom stereocenters. The van der Waals surface area contributed by atoms with Crippen LogP contribution in [0.4, 0.5) is 0 Å². The molecule has 0 spiro atoms. The first-order chi connectivity index (χ1) is 5.25. The molecular formula is C10H24N2. The van der Waals surface area contributed by atoms with Gasteiger partial charge in [-0.05, 0) is 31.2 Å². The van der Waals surface area contributed by atoms with Crippen LogP contribution in [-0.2, 0) is 0 Å². The highest BCUT2D eigenvalue weighted by Gasteiger charge is 2.38. The van der Waals surface area contributed by atoms with Crippen LogP contribution in [0.25, 0.3) is 0 Å². The zero-order valence-electron chi connectivity index (χ0n) is 9.15. The van der Waals surface area contributed by atoms with Crippen molar-refractivity contribution in [1.82, 2.24) is 0 Å². The van der Waals surface area contributed by atoms with Gasteiger partial charge in [-0.15, -0.1) is 0 Å². The normalized spacial score (nSPS) is 18.0. The fourth-order valence-electron chi connectivity index (χ4n) is 1.28. The maximum absolute atomic E-state index is 6.23. The zero-order chi connectivity index (χ0) is 9.99. The highest BCUT2D eigenvalue weighted by atomic mass is 14.8. The Morgan fingerprint density at radius 2 is 1.58 bits per heavy atom. The lowest BCUT2D eigenvalue weighted by molar-refractivity contribution is 0.110. The quantitative estimate of drug-likeness (QED) is 0.678. The molecular weight excluding hydrogens is 148 g/mol. The molecule has 4 N–H and O–H groups in total. The Labute approximate surface area is 76.7 Å². The maximum atomic E-state index is 6.23. The van der Waals surface area contributed by atoms with E-state index in [4.69, 9.17) is 11.5 Å². The largest absolute Gasteiger partial charge is 0.330 e. The van der Waals surface area contributed by atoms with E-state index in [0.29, 0.717) is 12.5 Å². The van der Waals surface area contributed by atoms with Crippen LogP contribution in [0, 0.1) is 11.3 Å². The number of nitrogens with two attached hydrogens (primary N) is 2. The van der Waals surface area contributed by atoms with Crippen LogP contribution in [0.15, 0.2) is 0 Å². The van der Waals surface area contributed by atoms with Gasteiger partial charge in [0.1, 0.15) is 0 Å². The van der Waals surface area contributed by atoms with Crippen molar-refractivity contribution >= 4 is 0 Å². The van der Waals surface area contributed by atoms with Crippen molar-refractivity contribution in [3.05, 3.63) is 0 Å². The van der Waals surface area contributed by atoms with E-state index in [1.807, 2.05) is 0 Å². The van der Waals surface area contributed by atoms with Gasteiger partial charge in [-0.1, -0.05) is 27.7 Å². The lowest BCUT2D eigenvalue weighted by Crippen LogP contribution is -2.53. The smallest absolute Gasteiger partial charge is 0.0191 e. The van der Waals surface area contributed by atoms with E-state index in [0.717, 1.165) is 6.42 Å². The molecule has 12 heavy (non-hydrogen) atoms. The molecule has 0 aliphatic rings. The van der Waals surface area contributed by atoms with E-state index in [1.165, 1.54) is 0 Å². The molecule has 2 nitrogen and oxygen atoms in total. The summed E-state index contributed by atoms with van der Waals surface area (Å²) in [6.45, 7) is 11.6. The molecule has 0 radical (unpaired) electrons. The van der Waals surface area contributed by atoms with E-state index in [2.05, 4.69) is 34.6 Å². The minimum atomic E-state index is -0.157. The molecule has 0 saturated heterocycles. The van der Waals surface area contributed by atoms with Gasteiger partial charge in [0.2, 0.25) is 0 Å². The summed E-state index contributed by atoms with van der Waals surface area (Å²) < 4.78 is 0. The molecule has 0 saturated carbocycles. The first kappa shape index (κ1) is 11.9. The van der Waals surface area contributed by atoms with Gasteiger partial charge in [0.25, 0.3) is 0 Å². The molecule has 0 fully saturated rings. The first-order valence-electron chi connectivity index (χ1n) is 4.74. The van der Waals surface area contributed by atoms with Gasteiger partial charge in [0.05, 0.1) is 0 Å². The summed E-state index contributed by atoms with van der Waals surface area (Å²) in [5, 5.41) is 0. The number of hydrogen-bond donors (Lipinski definition) is 2. The third-order valence-corrected chi connectivity index (χ3v) is 3.58. The second kappa shape index (κ2) is 3.75. The summed E-state index contributed by atoms with van der Waals surface area (Å²) in [6, 6.07) is 0. The molecule has 0 aromatic carbocycles. The van der Waals surface area contributed by atoms with E-state index in [9.17, 15) is 0 Å². The topological polar surface area (TPSA) is 52.0 Å². The monoisotopic (exact) mass is 172 g/mol. The zero-order valence-corrected chi connectivity index (χ0v) is 9.15. The average molecular weight is 172 g/mol. The van der Waals surface area contributed by atoms with Crippen LogP contribution in [0.3, 0.4) is 0 Å². The van der Waals surface area contributed by atoms with Crippen LogP contribution in [0.1, 0.15) is 41.0 Å². The molecule has 0 amide bonds. The van der Waals surface area contributed by atoms with Gasteiger partial charge in [0, 0.05) is 5.54 Å². The predicted molar refractivity (Wildman–Crippen MR) is 54.9 cm³/mol. The van der Waals surface area contributed by atoms with E-state index in [1.54, 1.807) is 0 Å². The molecule has 0 heterocycles. The standard InChI is InChI=1S/C10H24N2/c1-8(2)9(3,4)10(5,12)6-7-11/h8H,6-7,11-12H2,1-5H3. The molecule has 0 bridgehead atoms. The van der Waals surface area contributed by atoms with Crippen LogP contribution in [0.5, 0.6) is 0 Å². The Balaban J connectivity index is 4.50. The van der Waals surface area contributed by atoms with Crippen LogP contribution in [0.2, 0.25) is 0 Å². The van der Waals surface area contributed by atoms with Crippen LogP contribution < -0.4 is 11.5 Å². The summed E-state index contributed by atoms with van der Waals surface area (Å²) in [5.41, 5.74) is 11.7. The summed E-state index contributed by atoms with van der Waals surface area (Å²) in [7, 11) is 0. The molecule has 74 valence electrons. The Morgan fingerprint density at radius 3 is 1.83 bits per heavy atom. The molecule has 0 aromatic heterocycles. The minimum absolute atomic E-state index is 0.145. The molecule has 0 rings (SSSR count). The lowest BCUT2D eigenvalue weighted by Gasteiger charge is -2.44. The van der Waals surface area contributed by atoms with E-state index < -0.39 is 0 Å². The number of rotatable bonds is 4. The van der Waals surface area contributed by atoms with Crippen molar-refractivity contribution in [2.75, 3.05) is 6.54 Å². The Bertz CT molecular complexity index is 137. The third kappa shape index (κ3) is 2.20. The van der Waals surface area contributed by atoms with Gasteiger partial charge >= 0.3 is 0 Å². The Morgan fingerprint density at radius 1 is 1.17 bits per heavy atom.